The maximum absolute atomic E-state index is 8.67. The van der Waals surface area contributed by atoms with Gasteiger partial charge >= 0.3 is 0 Å². The Morgan fingerprint density at radius 1 is 1.22 bits per heavy atom. The maximum Gasteiger partial charge on any atom is 0.218 e. The monoisotopic (exact) mass is 253 g/mol. The second-order valence-electron chi connectivity index (χ2n) is 4.14. The van der Waals surface area contributed by atoms with Crippen molar-refractivity contribution in [1.82, 2.24) is 9.97 Å². The zero-order chi connectivity index (χ0) is 13.2. The molecule has 2 N–H and O–H groups in total. The Balaban J connectivity index is 2.32. The number of hydrogen-bond acceptors (Lipinski definition) is 5. The van der Waals surface area contributed by atoms with Gasteiger partial charge in [0.1, 0.15) is 11.6 Å². The summed E-state index contributed by atoms with van der Waals surface area (Å²) in [5, 5.41) is 11.9. The first-order valence-electron chi connectivity index (χ1n) is 6.59. The van der Waals surface area contributed by atoms with Gasteiger partial charge in [0.2, 0.25) is 5.88 Å². The van der Waals surface area contributed by atoms with Gasteiger partial charge in [-0.1, -0.05) is 12.8 Å². The van der Waals surface area contributed by atoms with E-state index in [1.807, 2.05) is 19.9 Å². The van der Waals surface area contributed by atoms with E-state index < -0.39 is 0 Å². The predicted molar refractivity (Wildman–Crippen MR) is 72.0 cm³/mol. The van der Waals surface area contributed by atoms with E-state index in [9.17, 15) is 0 Å². The van der Waals surface area contributed by atoms with Gasteiger partial charge in [-0.05, 0) is 26.7 Å². The molecular formula is C13H23N3O2. The first-order chi connectivity index (χ1) is 8.76. The molecule has 0 aliphatic rings. The Morgan fingerprint density at radius 3 is 2.72 bits per heavy atom. The van der Waals surface area contributed by atoms with Crippen LogP contribution in [0.15, 0.2) is 6.07 Å². The van der Waals surface area contributed by atoms with E-state index >= 15 is 0 Å². The van der Waals surface area contributed by atoms with Gasteiger partial charge in [0.25, 0.3) is 0 Å². The standard InChI is InChI=1S/C13H23N3O2/c1-3-18-13-10-12(15-11(2)16-13)14-8-6-4-5-7-9-17/h10,17H,3-9H2,1-2H3,(H,14,15,16). The van der Waals surface area contributed by atoms with Crippen molar-refractivity contribution in [3.8, 4) is 5.88 Å². The highest BCUT2D eigenvalue weighted by atomic mass is 16.5. The van der Waals surface area contributed by atoms with Crippen LogP contribution < -0.4 is 10.1 Å². The molecule has 5 heteroatoms. The van der Waals surface area contributed by atoms with E-state index in [2.05, 4.69) is 15.3 Å². The molecule has 0 fully saturated rings. The normalized spacial score (nSPS) is 10.4. The van der Waals surface area contributed by atoms with E-state index in [-0.39, 0.29) is 6.61 Å². The molecule has 0 atom stereocenters. The van der Waals surface area contributed by atoms with Crippen molar-refractivity contribution in [2.75, 3.05) is 25.1 Å². The number of nitrogens with zero attached hydrogens (tertiary/aromatic N) is 2. The average Bonchev–Trinajstić information content (AvgIpc) is 2.33. The number of aryl methyl sites for hydroxylation is 1. The fourth-order valence-electron chi connectivity index (χ4n) is 1.66. The van der Waals surface area contributed by atoms with Crippen LogP contribution >= 0.6 is 0 Å². The third-order valence-corrected chi connectivity index (χ3v) is 2.50. The minimum absolute atomic E-state index is 0.288. The predicted octanol–water partition coefficient (Wildman–Crippen LogP) is 2.15. The first kappa shape index (κ1) is 14.7. The molecule has 1 aromatic rings. The number of aromatic nitrogens is 2. The van der Waals surface area contributed by atoms with E-state index in [1.165, 1.54) is 0 Å². The SMILES string of the molecule is CCOc1cc(NCCCCCCO)nc(C)n1. The highest BCUT2D eigenvalue weighted by molar-refractivity contribution is 5.38. The summed E-state index contributed by atoms with van der Waals surface area (Å²) < 4.78 is 5.37. The van der Waals surface area contributed by atoms with Gasteiger partial charge in [-0.15, -0.1) is 0 Å². The molecule has 1 rings (SSSR count). The van der Waals surface area contributed by atoms with Crippen molar-refractivity contribution < 1.29 is 9.84 Å². The molecule has 0 aromatic carbocycles. The van der Waals surface area contributed by atoms with Gasteiger partial charge in [0.15, 0.2) is 0 Å². The Bertz CT molecular complexity index is 345. The van der Waals surface area contributed by atoms with E-state index in [0.29, 0.717) is 18.3 Å². The summed E-state index contributed by atoms with van der Waals surface area (Å²) in [7, 11) is 0. The summed E-state index contributed by atoms with van der Waals surface area (Å²) >= 11 is 0. The lowest BCUT2D eigenvalue weighted by Gasteiger charge is -2.08. The van der Waals surface area contributed by atoms with Gasteiger partial charge in [0, 0.05) is 19.2 Å². The summed E-state index contributed by atoms with van der Waals surface area (Å²) in [5.41, 5.74) is 0. The maximum atomic E-state index is 8.67. The van der Waals surface area contributed by atoms with Crippen molar-refractivity contribution in [3.05, 3.63) is 11.9 Å². The van der Waals surface area contributed by atoms with Crippen molar-refractivity contribution in [2.45, 2.75) is 39.5 Å². The first-order valence-corrected chi connectivity index (χ1v) is 6.59. The lowest BCUT2D eigenvalue weighted by atomic mass is 10.2. The van der Waals surface area contributed by atoms with E-state index in [0.717, 1.165) is 38.0 Å². The number of aliphatic hydroxyl groups excluding tert-OH is 1. The van der Waals surface area contributed by atoms with Crippen LogP contribution in [0.1, 0.15) is 38.4 Å². The number of hydrogen-bond donors (Lipinski definition) is 2. The van der Waals surface area contributed by atoms with Crippen LogP contribution in [0.25, 0.3) is 0 Å². The zero-order valence-electron chi connectivity index (χ0n) is 11.3. The topological polar surface area (TPSA) is 67.3 Å². The third-order valence-electron chi connectivity index (χ3n) is 2.50. The van der Waals surface area contributed by atoms with Gasteiger partial charge < -0.3 is 15.2 Å². The van der Waals surface area contributed by atoms with Crippen LogP contribution in [0.3, 0.4) is 0 Å². The quantitative estimate of drug-likeness (QED) is 0.660. The molecule has 0 aliphatic heterocycles. The number of ether oxygens (including phenoxy) is 1. The highest BCUT2D eigenvalue weighted by Crippen LogP contribution is 2.13. The molecule has 1 heterocycles. The molecule has 0 amide bonds. The van der Waals surface area contributed by atoms with Crippen LogP contribution in [0, 0.1) is 6.92 Å². The molecule has 1 aromatic heterocycles. The molecule has 5 nitrogen and oxygen atoms in total. The molecule has 0 bridgehead atoms. The second kappa shape index (κ2) is 8.69. The Hall–Kier alpha value is -1.36. The lowest BCUT2D eigenvalue weighted by molar-refractivity contribution is 0.283. The van der Waals surface area contributed by atoms with Gasteiger partial charge in [-0.3, -0.25) is 0 Å². The number of rotatable bonds is 9. The largest absolute Gasteiger partial charge is 0.478 e. The van der Waals surface area contributed by atoms with Crippen molar-refractivity contribution in [2.24, 2.45) is 0 Å². The number of anilines is 1. The van der Waals surface area contributed by atoms with Crippen LogP contribution in [0.4, 0.5) is 5.82 Å². The Morgan fingerprint density at radius 2 is 2.00 bits per heavy atom. The van der Waals surface area contributed by atoms with E-state index in [1.54, 1.807) is 0 Å². The van der Waals surface area contributed by atoms with E-state index in [4.69, 9.17) is 9.84 Å². The van der Waals surface area contributed by atoms with Crippen LogP contribution in [0.2, 0.25) is 0 Å². The fraction of sp³-hybridized carbons (Fsp3) is 0.692. The summed E-state index contributed by atoms with van der Waals surface area (Å²) in [6.45, 7) is 5.57. The average molecular weight is 253 g/mol. The van der Waals surface area contributed by atoms with Crippen molar-refractivity contribution >= 4 is 5.82 Å². The molecule has 0 saturated carbocycles. The summed E-state index contributed by atoms with van der Waals surface area (Å²) in [5.74, 6) is 2.14. The Labute approximate surface area is 109 Å². The van der Waals surface area contributed by atoms with Gasteiger partial charge in [-0.25, -0.2) is 4.98 Å². The highest BCUT2D eigenvalue weighted by Gasteiger charge is 2.01. The fourth-order valence-corrected chi connectivity index (χ4v) is 1.66. The van der Waals surface area contributed by atoms with Crippen molar-refractivity contribution in [3.63, 3.8) is 0 Å². The van der Waals surface area contributed by atoms with Crippen molar-refractivity contribution in [1.29, 1.82) is 0 Å². The summed E-state index contributed by atoms with van der Waals surface area (Å²) in [6.07, 6.45) is 4.16. The van der Waals surface area contributed by atoms with Gasteiger partial charge in [-0.2, -0.15) is 4.98 Å². The molecular weight excluding hydrogens is 230 g/mol. The minimum Gasteiger partial charge on any atom is -0.478 e. The molecule has 0 radical (unpaired) electrons. The number of nitrogens with one attached hydrogen (secondary N) is 1. The smallest absolute Gasteiger partial charge is 0.218 e. The Kier molecular flexibility index (Phi) is 7.10. The third kappa shape index (κ3) is 5.82. The summed E-state index contributed by atoms with van der Waals surface area (Å²) in [4.78, 5) is 8.50. The summed E-state index contributed by atoms with van der Waals surface area (Å²) in [6, 6.07) is 1.82. The van der Waals surface area contributed by atoms with Crippen LogP contribution in [-0.4, -0.2) is 34.8 Å². The van der Waals surface area contributed by atoms with Crippen LogP contribution in [0.5, 0.6) is 5.88 Å². The van der Waals surface area contributed by atoms with Crippen LogP contribution in [-0.2, 0) is 0 Å². The lowest BCUT2D eigenvalue weighted by Crippen LogP contribution is -2.06. The molecule has 0 spiro atoms. The molecule has 18 heavy (non-hydrogen) atoms. The minimum atomic E-state index is 0.288. The molecule has 0 saturated heterocycles. The van der Waals surface area contributed by atoms with Gasteiger partial charge in [0.05, 0.1) is 6.61 Å². The molecule has 0 unspecified atom stereocenters. The number of aliphatic hydroxyl groups is 1. The second-order valence-corrected chi connectivity index (χ2v) is 4.14. The number of unbranched alkanes of at least 4 members (excludes halogenated alkanes) is 3. The zero-order valence-corrected chi connectivity index (χ0v) is 11.3. The molecule has 0 aliphatic carbocycles. The molecule has 102 valence electrons.